The second-order valence-electron chi connectivity index (χ2n) is 29.7. The molecule has 34 nitrogen and oxygen atoms in total. The Bertz CT molecular complexity index is 4500. The number of urea groups is 2. The van der Waals surface area contributed by atoms with Crippen LogP contribution in [0.3, 0.4) is 0 Å². The molecule has 0 radical (unpaired) electrons. The van der Waals surface area contributed by atoms with Gasteiger partial charge in [0.1, 0.15) is 54.4 Å². The van der Waals surface area contributed by atoms with Crippen molar-refractivity contribution in [3.63, 3.8) is 0 Å². The number of nitrogens with two attached hydrogens (primary N) is 2. The maximum absolute atomic E-state index is 15.3. The molecule has 2 aliphatic rings. The number of aromatic nitrogens is 1. The van der Waals surface area contributed by atoms with Crippen LogP contribution < -0.4 is 85.9 Å². The number of nitrogens with zero attached hydrogens (tertiary/aromatic N) is 2. The number of likely N-dealkylation sites (tertiary alicyclic amines) is 1. The lowest BCUT2D eigenvalue weighted by Gasteiger charge is -2.34. The summed E-state index contributed by atoms with van der Waals surface area (Å²) in [6.07, 6.45) is 4.04. The number of rotatable bonds is 42. The SMILES string of the molecule is CC(=O)N[C@H](Cc1ccc2ccccc2c1)C(=O)N[C@H](Cc1ccc(Cl)cc1)C(=O)N[C@H](CCc1cccnc1)C(=O)N[C@@H](CO)C(=O)N[C@@H](Cc1ccc(NC(=O)[C@@H]2CC(=O)NC(=O)N2)cc1)C(=O)N[C@H](Cc1ccc(NC(N)=O)cc1)C(=O)NCC(=O)N[C@@H](CCCCNC(C)C)C(=O)N1C(CC(C)C)CC[C@H]1C(=O)NCC(N)=O. The van der Waals surface area contributed by atoms with Crippen LogP contribution in [0.25, 0.3) is 10.8 Å². The first-order valence-electron chi connectivity index (χ1n) is 38.7. The average molecular weight is 1630 g/mol. The van der Waals surface area contributed by atoms with E-state index < -0.39 is 175 Å². The Kier molecular flexibility index (Phi) is 34.2. The summed E-state index contributed by atoms with van der Waals surface area (Å²) in [6, 6.07) is 19.7. The highest BCUT2D eigenvalue weighted by atomic mass is 35.5. The fourth-order valence-corrected chi connectivity index (χ4v) is 13.8. The van der Waals surface area contributed by atoms with Crippen LogP contribution in [0.15, 0.2) is 140 Å². The van der Waals surface area contributed by atoms with Crippen LogP contribution >= 0.6 is 11.6 Å². The molecule has 1 aromatic heterocycles. The molecule has 3 heterocycles. The quantitative estimate of drug-likeness (QED) is 0.0242. The lowest BCUT2D eigenvalue weighted by Crippen LogP contribution is -2.61. The van der Waals surface area contributed by atoms with Gasteiger partial charge in [-0.25, -0.2) is 9.59 Å². The third kappa shape index (κ3) is 29.1. The number of amides is 17. The lowest BCUT2D eigenvalue weighted by atomic mass is 9.99. The van der Waals surface area contributed by atoms with Gasteiger partial charge in [0.05, 0.1) is 26.1 Å². The summed E-state index contributed by atoms with van der Waals surface area (Å²) < 4.78 is 0. The maximum atomic E-state index is 15.3. The number of unbranched alkanes of at least 4 members (excludes halogenated alkanes) is 1. The second-order valence-corrected chi connectivity index (χ2v) is 30.1. The van der Waals surface area contributed by atoms with Crippen LogP contribution in [0.5, 0.6) is 0 Å². The number of pyridine rings is 1. The highest BCUT2D eigenvalue weighted by molar-refractivity contribution is 6.30. The van der Waals surface area contributed by atoms with Crippen molar-refractivity contribution in [3.05, 3.63) is 173 Å². The van der Waals surface area contributed by atoms with Gasteiger partial charge in [0.2, 0.25) is 76.8 Å². The number of carbonyl (C=O) groups is 15. The summed E-state index contributed by atoms with van der Waals surface area (Å²) in [5.74, 6) is -10.6. The van der Waals surface area contributed by atoms with Crippen molar-refractivity contribution < 1.29 is 77.0 Å². The van der Waals surface area contributed by atoms with E-state index in [1.54, 1.807) is 36.4 Å². The van der Waals surface area contributed by atoms with E-state index in [0.717, 1.165) is 10.8 Å². The molecular formula is C82H103ClN18O16. The molecule has 0 aliphatic carbocycles. The highest BCUT2D eigenvalue weighted by Crippen LogP contribution is 2.31. The third-order valence-corrected chi connectivity index (χ3v) is 19.7. The fourth-order valence-electron chi connectivity index (χ4n) is 13.7. The molecule has 117 heavy (non-hydrogen) atoms. The number of primary amides is 2. The Balaban J connectivity index is 1.07. The Morgan fingerprint density at radius 3 is 1.67 bits per heavy atom. The molecule has 35 heteroatoms. The molecule has 8 rings (SSSR count). The third-order valence-electron chi connectivity index (χ3n) is 19.4. The topological polar surface area (TPSA) is 513 Å². The van der Waals surface area contributed by atoms with Crippen LogP contribution in [-0.2, 0) is 94.4 Å². The Hall–Kier alpha value is -12.4. The van der Waals surface area contributed by atoms with Crippen molar-refractivity contribution in [1.82, 2.24) is 73.7 Å². The zero-order valence-electron chi connectivity index (χ0n) is 65.7. The van der Waals surface area contributed by atoms with E-state index in [1.807, 2.05) is 75.5 Å². The molecule has 6 aromatic rings. The minimum atomic E-state index is -1.90. The van der Waals surface area contributed by atoms with Crippen molar-refractivity contribution in [1.29, 1.82) is 0 Å². The number of fused-ring (bicyclic) bond motifs is 1. The smallest absolute Gasteiger partial charge is 0.322 e. The first kappa shape index (κ1) is 90.1. The van der Waals surface area contributed by atoms with Crippen molar-refractivity contribution in [3.8, 4) is 0 Å². The molecule has 19 N–H and O–H groups in total. The largest absolute Gasteiger partial charge is 0.394 e. The van der Waals surface area contributed by atoms with Gasteiger partial charge in [-0.3, -0.25) is 72.6 Å². The average Bonchev–Trinajstić information content (AvgIpc) is 1.72. The van der Waals surface area contributed by atoms with Crippen molar-refractivity contribution in [2.45, 2.75) is 185 Å². The normalized spacial score (nSPS) is 16.2. The standard InChI is InChI=1S/C82H103ClN18O16/c1-46(2)35-59-30-32-68(79(114)88-43-69(84)104)101(59)80(115)61(14-8-9-34-87-47(3)4)93-71(106)44-89-72(107)62(37-50-20-28-58(29-21-50)92-81(85)116)95-77(112)65(39-51-18-26-57(27-19-51)91-74(109)66-41-70(105)100-82(117)99-66)97-78(113)67(45-102)98-73(108)60(31-22-52-11-10-33-86-42-52)94-76(111)64(38-49-16-24-56(83)25-17-49)96-75(110)63(90-48(5)103)40-53-15-23-54-12-6-7-13-55(54)36-53/h6-7,10-13,15-21,23-29,33,36,42,46-47,59-68,87,102H,8-9,14,22,30-32,34-35,37-41,43-45H2,1-5H3,(H2,84,104)(H,88,114)(H,89,107)(H,90,103)(H,91,109)(H,93,106)(H,94,111)(H,95,112)(H,96,110)(H,97,113)(H,98,108)(H3,85,92,116)(H2,99,100,105,117)/t59?,60-,61+,62-,63-,64-,65+,66+,67+,68+/m1/s1. The van der Waals surface area contributed by atoms with Crippen molar-refractivity contribution in [2.24, 2.45) is 17.4 Å². The van der Waals surface area contributed by atoms with Crippen LogP contribution in [-0.4, -0.2) is 197 Å². The predicted octanol–water partition coefficient (Wildman–Crippen LogP) is 1.52. The van der Waals surface area contributed by atoms with Gasteiger partial charge in [0.15, 0.2) is 0 Å². The molecule has 5 aromatic carbocycles. The summed E-state index contributed by atoms with van der Waals surface area (Å²) in [4.78, 5) is 212. The minimum Gasteiger partial charge on any atom is -0.394 e. The van der Waals surface area contributed by atoms with Gasteiger partial charge in [-0.1, -0.05) is 124 Å². The Morgan fingerprint density at radius 2 is 1.10 bits per heavy atom. The number of hydrogen-bond acceptors (Lipinski definition) is 18. The number of anilines is 2. The number of imide groups is 1. The van der Waals surface area contributed by atoms with Crippen LogP contribution in [0.1, 0.15) is 114 Å². The monoisotopic (exact) mass is 1630 g/mol. The number of nitrogens with one attached hydrogen (secondary N) is 14. The zero-order valence-corrected chi connectivity index (χ0v) is 66.5. The number of aryl methyl sites for hydroxylation is 1. The van der Waals surface area contributed by atoms with E-state index in [1.165, 1.54) is 72.7 Å². The van der Waals surface area contributed by atoms with E-state index >= 15 is 4.79 Å². The minimum absolute atomic E-state index is 0.00893. The lowest BCUT2D eigenvalue weighted by molar-refractivity contribution is -0.144. The van der Waals surface area contributed by atoms with Crippen molar-refractivity contribution >= 4 is 123 Å². The number of aliphatic hydroxyl groups excluding tert-OH is 1. The molecular weight excluding hydrogens is 1530 g/mol. The zero-order chi connectivity index (χ0) is 84.8. The van der Waals surface area contributed by atoms with Crippen molar-refractivity contribution in [2.75, 3.05) is 36.9 Å². The molecule has 1 unspecified atom stereocenters. The molecule has 2 aliphatic heterocycles. The number of carbonyl (C=O) groups excluding carboxylic acids is 15. The molecule has 17 amide bonds. The van der Waals surface area contributed by atoms with E-state index in [2.05, 4.69) is 74.1 Å². The van der Waals surface area contributed by atoms with E-state index in [4.69, 9.17) is 23.1 Å². The van der Waals surface area contributed by atoms with E-state index in [9.17, 15) is 72.2 Å². The summed E-state index contributed by atoms with van der Waals surface area (Å²) in [6.45, 7) is 7.32. The molecule has 0 spiro atoms. The van der Waals surface area contributed by atoms with Gasteiger partial charge >= 0.3 is 12.1 Å². The van der Waals surface area contributed by atoms with Gasteiger partial charge in [-0.05, 0) is 145 Å². The first-order valence-corrected chi connectivity index (χ1v) is 39.1. The molecule has 0 bridgehead atoms. The van der Waals surface area contributed by atoms with Crippen LogP contribution in [0, 0.1) is 5.92 Å². The summed E-state index contributed by atoms with van der Waals surface area (Å²) in [5, 5.41) is 49.9. The van der Waals surface area contributed by atoms with Gasteiger partial charge in [0.25, 0.3) is 0 Å². The van der Waals surface area contributed by atoms with Gasteiger partial charge < -0.3 is 90.6 Å². The van der Waals surface area contributed by atoms with Crippen LogP contribution in [0.2, 0.25) is 5.02 Å². The summed E-state index contributed by atoms with van der Waals surface area (Å²) in [7, 11) is 0. The number of hydrogen-bond donors (Lipinski definition) is 17. The van der Waals surface area contributed by atoms with Gasteiger partial charge in [-0.15, -0.1) is 0 Å². The summed E-state index contributed by atoms with van der Waals surface area (Å²) >= 11 is 6.27. The Labute approximate surface area is 681 Å². The number of benzene rings is 5. The molecule has 2 fully saturated rings. The molecule has 624 valence electrons. The summed E-state index contributed by atoms with van der Waals surface area (Å²) in [5.41, 5.74) is 13.7. The fraction of sp³-hybridized carbons (Fsp3) is 0.415. The molecule has 0 saturated carbocycles. The van der Waals surface area contributed by atoms with E-state index in [-0.39, 0.29) is 80.3 Å². The maximum Gasteiger partial charge on any atom is 0.322 e. The predicted molar refractivity (Wildman–Crippen MR) is 434 cm³/mol. The molecule has 2 saturated heterocycles. The number of halogens is 1. The highest BCUT2D eigenvalue weighted by Gasteiger charge is 2.44. The molecule has 10 atom stereocenters. The Morgan fingerprint density at radius 1 is 0.556 bits per heavy atom. The first-order chi connectivity index (χ1) is 55.9. The van der Waals surface area contributed by atoms with E-state index in [0.29, 0.717) is 59.5 Å². The number of aliphatic hydroxyl groups is 1. The second kappa shape index (κ2) is 44.4. The van der Waals surface area contributed by atoms with Gasteiger partial charge in [-0.2, -0.15) is 0 Å². The van der Waals surface area contributed by atoms with Crippen LogP contribution in [0.4, 0.5) is 21.0 Å². The van der Waals surface area contributed by atoms with Gasteiger partial charge in [0, 0.05) is 73.5 Å².